The molecule has 1 amide bonds. The van der Waals surface area contributed by atoms with Gasteiger partial charge >= 0.3 is 60.8 Å². The number of pyridine rings is 8. The van der Waals surface area contributed by atoms with Crippen molar-refractivity contribution in [2.24, 2.45) is 0 Å². The number of carbonyl (C=O) groups excluding carboxylic acids is 1. The van der Waals surface area contributed by atoms with E-state index >= 15 is 0 Å². The number of carbonyl (C=O) groups is 2. The number of aromatic nitrogens is 8. The van der Waals surface area contributed by atoms with Crippen molar-refractivity contribution in [1.82, 2.24) is 39.9 Å². The van der Waals surface area contributed by atoms with E-state index < -0.39 is 22.5 Å². The zero-order valence-corrected chi connectivity index (χ0v) is 36.5. The number of nitrogens with zero attached hydrogens (tertiary/aromatic N) is 8. The molecule has 300 valence electrons. The molecule has 0 aliphatic carbocycles. The first-order chi connectivity index (χ1) is 28.9. The van der Waals surface area contributed by atoms with Crippen molar-refractivity contribution >= 4 is 58.2 Å². The van der Waals surface area contributed by atoms with E-state index in [0.29, 0.717) is 28.2 Å². The standard InChI is InChI=1S/C24H15N5O3.2C10H8N2.2ClH.Pt.Ru/c30-23(15-5-9-25-19(12-15)20-13-16(24(31)32)6-10-26-20)29-18-11-14-3-1-7-27-21(14)22-17(18)4-2-8-28-22;2*1-3-7-11-9(5-1)10-6-2-4-8-12-10;;;;/h1-13H,(H,29,30)(H,31,32);2*1-8H;2*1H;;/q;;;;;2*+2/p-2. The maximum atomic E-state index is 13.1. The molecule has 0 radical (unpaired) electrons. The van der Waals surface area contributed by atoms with Crippen molar-refractivity contribution in [1.29, 1.82) is 0 Å². The summed E-state index contributed by atoms with van der Waals surface area (Å²) in [6.45, 7) is 0. The molecule has 0 saturated heterocycles. The maximum absolute atomic E-state index is 13.1. The summed E-state index contributed by atoms with van der Waals surface area (Å²) in [4.78, 5) is 58.3. The van der Waals surface area contributed by atoms with Crippen molar-refractivity contribution in [2.75, 3.05) is 5.32 Å². The fourth-order valence-electron chi connectivity index (χ4n) is 5.55. The second-order valence-electron chi connectivity index (χ2n) is 11.9. The van der Waals surface area contributed by atoms with Gasteiger partial charge in [-0.25, -0.2) is 4.79 Å². The third kappa shape index (κ3) is 12.4. The van der Waals surface area contributed by atoms with Gasteiger partial charge in [0.15, 0.2) is 0 Å². The summed E-state index contributed by atoms with van der Waals surface area (Å²) < 4.78 is 0. The molecule has 0 fully saturated rings. The van der Waals surface area contributed by atoms with Crippen LogP contribution < -0.4 is 5.32 Å². The first-order valence-electron chi connectivity index (χ1n) is 17.5. The molecule has 12 nitrogen and oxygen atoms in total. The number of amides is 1. The maximum Gasteiger partial charge on any atom is 2.00 e. The average molecular weight is 1100 g/mol. The van der Waals surface area contributed by atoms with Crippen LogP contribution in [0.2, 0.25) is 0 Å². The normalized spacial score (nSPS) is 10.0. The molecule has 0 unspecified atom stereocenters. The van der Waals surface area contributed by atoms with Crippen LogP contribution in [0.4, 0.5) is 5.69 Å². The van der Waals surface area contributed by atoms with Crippen LogP contribution >= 0.6 is 18.8 Å². The summed E-state index contributed by atoms with van der Waals surface area (Å²) in [5, 5.41) is 13.8. The number of anilines is 1. The number of aromatic carboxylic acids is 1. The SMILES string of the molecule is O=C(O)c1ccnc(-c2cc(C(=O)Nc3cc4cccnc4c4ncccc34)ccn2)c1.[Cl][Pt][Cl].[Ru+2].c1ccc(-c2ccccn2)nc1.c1ccc(-c2ccccn2)nc1. The molecular formula is C44H31Cl2N9O3PtRu+2. The second-order valence-corrected chi connectivity index (χ2v) is 15.2. The van der Waals surface area contributed by atoms with Crippen molar-refractivity contribution in [2.45, 2.75) is 0 Å². The minimum atomic E-state index is -1.06. The van der Waals surface area contributed by atoms with Gasteiger partial charge in [0, 0.05) is 65.9 Å². The number of rotatable bonds is 6. The molecule has 1 aromatic carbocycles. The molecule has 0 bridgehead atoms. The third-order valence-electron chi connectivity index (χ3n) is 8.19. The van der Waals surface area contributed by atoms with Gasteiger partial charge in [-0.1, -0.05) is 30.3 Å². The van der Waals surface area contributed by atoms with Crippen molar-refractivity contribution in [3.8, 4) is 34.2 Å². The molecule has 8 aromatic heterocycles. The van der Waals surface area contributed by atoms with Gasteiger partial charge in [0.1, 0.15) is 0 Å². The van der Waals surface area contributed by atoms with Crippen LogP contribution in [0.5, 0.6) is 0 Å². The van der Waals surface area contributed by atoms with Crippen molar-refractivity contribution < 1.29 is 50.7 Å². The molecule has 2 N–H and O–H groups in total. The molecule has 9 rings (SSSR count). The van der Waals surface area contributed by atoms with E-state index in [2.05, 4.69) is 45.2 Å². The Morgan fingerprint density at radius 1 is 0.467 bits per heavy atom. The number of fused-ring (bicyclic) bond motifs is 3. The van der Waals surface area contributed by atoms with Crippen LogP contribution in [0, 0.1) is 0 Å². The third-order valence-corrected chi connectivity index (χ3v) is 8.19. The minimum Gasteiger partial charge on any atom is -0.255 e. The topological polar surface area (TPSA) is 170 Å². The van der Waals surface area contributed by atoms with Crippen LogP contribution in [-0.2, 0) is 36.0 Å². The van der Waals surface area contributed by atoms with E-state index in [-0.39, 0.29) is 30.9 Å². The Bertz CT molecular complexity index is 2620. The monoisotopic (exact) mass is 1100 g/mol. The number of carboxylic acid groups (broad SMARTS) is 1. The van der Waals surface area contributed by atoms with Gasteiger partial charge in [-0.15, -0.1) is 0 Å². The fraction of sp³-hybridized carbons (Fsp3) is 0. The summed E-state index contributed by atoms with van der Waals surface area (Å²) in [5.74, 6) is -1.40. The molecule has 8 heterocycles. The molecule has 9 aromatic rings. The molecule has 0 atom stereocenters. The minimum absolute atomic E-state index is 0. The molecule has 0 aliphatic rings. The van der Waals surface area contributed by atoms with Gasteiger partial charge in [0.05, 0.1) is 56.4 Å². The van der Waals surface area contributed by atoms with E-state index in [1.54, 1.807) is 55.4 Å². The van der Waals surface area contributed by atoms with Gasteiger partial charge in [-0.2, -0.15) is 0 Å². The van der Waals surface area contributed by atoms with Crippen LogP contribution in [0.25, 0.3) is 56.0 Å². The summed E-state index contributed by atoms with van der Waals surface area (Å²) >= 11 is -0.472. The summed E-state index contributed by atoms with van der Waals surface area (Å²) in [6.07, 6.45) is 13.4. The summed E-state index contributed by atoms with van der Waals surface area (Å²) in [6, 6.07) is 38.5. The largest absolute Gasteiger partial charge is 2.00 e. The Hall–Kier alpha value is -6.23. The Labute approximate surface area is 373 Å². The summed E-state index contributed by atoms with van der Waals surface area (Å²) in [5.41, 5.74) is 6.95. The van der Waals surface area contributed by atoms with Crippen LogP contribution in [0.15, 0.2) is 177 Å². The zero-order valence-electron chi connectivity index (χ0n) is 31.0. The van der Waals surface area contributed by atoms with Crippen LogP contribution in [0.3, 0.4) is 0 Å². The Morgan fingerprint density at radius 2 is 0.883 bits per heavy atom. The van der Waals surface area contributed by atoms with Gasteiger partial charge in [-0.3, -0.25) is 44.7 Å². The number of nitrogens with one attached hydrogen (secondary N) is 1. The van der Waals surface area contributed by atoms with E-state index in [0.717, 1.165) is 39.1 Å². The van der Waals surface area contributed by atoms with E-state index in [4.69, 9.17) is 18.8 Å². The predicted molar refractivity (Wildman–Crippen MR) is 226 cm³/mol. The van der Waals surface area contributed by atoms with E-state index in [9.17, 15) is 14.7 Å². The van der Waals surface area contributed by atoms with Crippen LogP contribution in [-0.4, -0.2) is 56.9 Å². The number of carboxylic acids is 1. The van der Waals surface area contributed by atoms with E-state index in [1.807, 2.05) is 97.1 Å². The zero-order chi connectivity index (χ0) is 41.2. The first-order valence-corrected chi connectivity index (χ1v) is 23.1. The fourth-order valence-corrected chi connectivity index (χ4v) is 5.55. The smallest absolute Gasteiger partial charge is 0.255 e. The van der Waals surface area contributed by atoms with Gasteiger partial charge in [0.2, 0.25) is 0 Å². The number of benzene rings is 1. The second kappa shape index (κ2) is 23.4. The van der Waals surface area contributed by atoms with Gasteiger partial charge in [-0.05, 0) is 97.1 Å². The number of halogens is 2. The first kappa shape index (κ1) is 44.9. The van der Waals surface area contributed by atoms with E-state index in [1.165, 1.54) is 24.5 Å². The Balaban J connectivity index is 0.000000199. The molecule has 0 spiro atoms. The molecule has 16 heteroatoms. The van der Waals surface area contributed by atoms with Gasteiger partial charge in [0.25, 0.3) is 5.91 Å². The number of hydrogen-bond donors (Lipinski definition) is 2. The molecular weight excluding hydrogens is 1070 g/mol. The van der Waals surface area contributed by atoms with Crippen molar-refractivity contribution in [3.05, 3.63) is 188 Å². The summed E-state index contributed by atoms with van der Waals surface area (Å²) in [7, 11) is 9.75. The Kier molecular flexibility index (Phi) is 17.5. The average Bonchev–Trinajstić information content (AvgIpc) is 3.31. The Morgan fingerprint density at radius 3 is 1.35 bits per heavy atom. The quantitative estimate of drug-likeness (QED) is 0.120. The molecule has 0 aliphatic heterocycles. The van der Waals surface area contributed by atoms with Crippen molar-refractivity contribution in [3.63, 3.8) is 0 Å². The van der Waals surface area contributed by atoms with Gasteiger partial charge < -0.3 is 10.4 Å². The van der Waals surface area contributed by atoms with Crippen LogP contribution in [0.1, 0.15) is 20.7 Å². The molecule has 60 heavy (non-hydrogen) atoms. The number of hydrogen-bond acceptors (Lipinski definition) is 10. The predicted octanol–water partition coefficient (Wildman–Crippen LogP) is 9.85. The molecule has 0 saturated carbocycles.